The molecule has 0 bridgehead atoms. The quantitative estimate of drug-likeness (QED) is 0.420. The average molecular weight is 500 g/mol. The zero-order chi connectivity index (χ0) is 26.0. The van der Waals surface area contributed by atoms with Crippen molar-refractivity contribution in [3.8, 4) is 0 Å². The van der Waals surface area contributed by atoms with E-state index in [9.17, 15) is 19.2 Å². The number of methoxy groups -OCH3 is 1. The summed E-state index contributed by atoms with van der Waals surface area (Å²) in [4.78, 5) is 57.3. The summed E-state index contributed by atoms with van der Waals surface area (Å²) in [6.45, 7) is 8.18. The van der Waals surface area contributed by atoms with Crippen molar-refractivity contribution in [2.24, 2.45) is 11.8 Å². The molecule has 0 saturated carbocycles. The number of ether oxygens (including phenoxy) is 2. The molecule has 1 aromatic carbocycles. The monoisotopic (exact) mass is 499 g/mol. The largest absolute Gasteiger partial charge is 0.466 e. The van der Waals surface area contributed by atoms with Crippen LogP contribution in [0, 0.1) is 11.8 Å². The highest BCUT2D eigenvalue weighted by Gasteiger charge is 2.42. The zero-order valence-electron chi connectivity index (χ0n) is 21.7. The number of rotatable bonds is 7. The number of benzene rings is 1. The molecule has 0 radical (unpaired) electrons. The van der Waals surface area contributed by atoms with Gasteiger partial charge in [-0.25, -0.2) is 0 Å². The molecule has 9 heteroatoms. The predicted molar refractivity (Wildman–Crippen MR) is 134 cm³/mol. The van der Waals surface area contributed by atoms with Gasteiger partial charge in [-0.2, -0.15) is 0 Å². The Kier molecular flexibility index (Phi) is 7.68. The van der Waals surface area contributed by atoms with Crippen molar-refractivity contribution in [1.29, 1.82) is 0 Å². The first-order valence-electron chi connectivity index (χ1n) is 12.9. The summed E-state index contributed by atoms with van der Waals surface area (Å²) in [7, 11) is 1.56. The molecule has 0 spiro atoms. The van der Waals surface area contributed by atoms with Gasteiger partial charge >= 0.3 is 5.97 Å². The van der Waals surface area contributed by atoms with Crippen LogP contribution in [-0.2, 0) is 19.1 Å². The van der Waals surface area contributed by atoms with Crippen LogP contribution in [0.15, 0.2) is 18.2 Å². The molecule has 2 atom stereocenters. The van der Waals surface area contributed by atoms with E-state index in [1.807, 2.05) is 19.9 Å². The fraction of sp³-hybridized carbons (Fsp3) is 0.630. The number of imide groups is 1. The zero-order valence-corrected chi connectivity index (χ0v) is 21.7. The summed E-state index contributed by atoms with van der Waals surface area (Å²) >= 11 is 0. The number of carbonyl (C=O) groups excluding carboxylic acids is 4. The maximum atomic E-state index is 13.5. The number of hydrogen-bond acceptors (Lipinski definition) is 7. The van der Waals surface area contributed by atoms with Crippen LogP contribution in [0.3, 0.4) is 0 Å². The molecular weight excluding hydrogens is 462 g/mol. The molecule has 3 aliphatic heterocycles. The van der Waals surface area contributed by atoms with Crippen molar-refractivity contribution < 1.29 is 28.7 Å². The molecule has 1 aromatic rings. The van der Waals surface area contributed by atoms with Crippen LogP contribution in [0.25, 0.3) is 0 Å². The second-order valence-corrected chi connectivity index (χ2v) is 10.5. The first kappa shape index (κ1) is 26.1. The Bertz CT molecular complexity index is 1040. The normalized spacial score (nSPS) is 22.6. The van der Waals surface area contributed by atoms with Crippen LogP contribution in [-0.4, -0.2) is 85.5 Å². The number of likely N-dealkylation sites (tertiary alicyclic amines) is 1. The molecular formula is C27H37N3O6. The van der Waals surface area contributed by atoms with Gasteiger partial charge in [-0.05, 0) is 58.6 Å². The lowest BCUT2D eigenvalue weighted by Gasteiger charge is -2.39. The molecule has 2 fully saturated rings. The summed E-state index contributed by atoms with van der Waals surface area (Å²) < 4.78 is 10.6. The molecule has 9 nitrogen and oxygen atoms in total. The fourth-order valence-electron chi connectivity index (χ4n) is 5.45. The summed E-state index contributed by atoms with van der Waals surface area (Å²) in [5, 5.41) is 0. The van der Waals surface area contributed by atoms with E-state index in [4.69, 9.17) is 9.47 Å². The second-order valence-electron chi connectivity index (χ2n) is 10.5. The molecule has 2 saturated heterocycles. The van der Waals surface area contributed by atoms with E-state index in [1.165, 1.54) is 4.90 Å². The maximum absolute atomic E-state index is 13.5. The molecule has 4 rings (SSSR count). The first-order valence-corrected chi connectivity index (χ1v) is 12.9. The van der Waals surface area contributed by atoms with Crippen LogP contribution in [0.5, 0.6) is 0 Å². The topological polar surface area (TPSA) is 96.5 Å². The van der Waals surface area contributed by atoms with Crippen LogP contribution in [0.2, 0.25) is 0 Å². The van der Waals surface area contributed by atoms with Gasteiger partial charge in [-0.15, -0.1) is 0 Å². The van der Waals surface area contributed by atoms with E-state index in [0.29, 0.717) is 49.6 Å². The minimum atomic E-state index is -0.661. The molecule has 36 heavy (non-hydrogen) atoms. The number of piperidine rings is 2. The molecule has 0 aliphatic carbocycles. The Labute approximate surface area is 212 Å². The van der Waals surface area contributed by atoms with Crippen LogP contribution >= 0.6 is 0 Å². The fourth-order valence-corrected chi connectivity index (χ4v) is 5.45. The lowest BCUT2D eigenvalue weighted by atomic mass is 9.92. The Morgan fingerprint density at radius 3 is 2.47 bits per heavy atom. The number of fused-ring (bicyclic) bond motifs is 1. The van der Waals surface area contributed by atoms with Gasteiger partial charge in [0.1, 0.15) is 0 Å². The van der Waals surface area contributed by atoms with E-state index >= 15 is 0 Å². The molecule has 0 unspecified atom stereocenters. The highest BCUT2D eigenvalue weighted by Crippen LogP contribution is 2.35. The maximum Gasteiger partial charge on any atom is 0.310 e. The SMILES string of the molecule is CCOC(=O)[C@@H]1CCCN(C(=O)[C@@H]2CCCN(c3cccc4c3C(=O)N(CC(C)(C)OC)C4=O)C2)C1. The molecule has 3 aliphatic rings. The third-order valence-corrected chi connectivity index (χ3v) is 7.53. The molecule has 3 heterocycles. The number of hydrogen-bond donors (Lipinski definition) is 0. The third kappa shape index (κ3) is 5.12. The van der Waals surface area contributed by atoms with Gasteiger partial charge < -0.3 is 19.3 Å². The highest BCUT2D eigenvalue weighted by molar-refractivity contribution is 6.23. The van der Waals surface area contributed by atoms with Gasteiger partial charge in [-0.1, -0.05) is 6.07 Å². The minimum absolute atomic E-state index is 0.0483. The number of esters is 1. The van der Waals surface area contributed by atoms with Gasteiger partial charge in [0.05, 0.1) is 47.4 Å². The average Bonchev–Trinajstić information content (AvgIpc) is 3.13. The summed E-state index contributed by atoms with van der Waals surface area (Å²) in [6, 6.07) is 5.35. The summed E-state index contributed by atoms with van der Waals surface area (Å²) in [5.41, 5.74) is 0.838. The lowest BCUT2D eigenvalue weighted by Crippen LogP contribution is -2.49. The van der Waals surface area contributed by atoms with E-state index in [1.54, 1.807) is 31.1 Å². The van der Waals surface area contributed by atoms with Gasteiger partial charge in [0.15, 0.2) is 0 Å². The summed E-state index contributed by atoms with van der Waals surface area (Å²) in [5.74, 6) is -1.32. The van der Waals surface area contributed by atoms with Gasteiger partial charge in [0.2, 0.25) is 5.91 Å². The Morgan fingerprint density at radius 2 is 1.75 bits per heavy atom. The molecule has 0 aromatic heterocycles. The smallest absolute Gasteiger partial charge is 0.310 e. The van der Waals surface area contributed by atoms with E-state index < -0.39 is 5.60 Å². The first-order chi connectivity index (χ1) is 17.2. The molecule has 3 amide bonds. The second kappa shape index (κ2) is 10.6. The third-order valence-electron chi connectivity index (χ3n) is 7.53. The number of nitrogens with zero attached hydrogens (tertiary/aromatic N) is 3. The van der Waals surface area contributed by atoms with Gasteiger partial charge in [-0.3, -0.25) is 24.1 Å². The molecule has 0 N–H and O–H groups in total. The number of anilines is 1. The van der Waals surface area contributed by atoms with Crippen molar-refractivity contribution in [2.75, 3.05) is 51.3 Å². The van der Waals surface area contributed by atoms with E-state index in [0.717, 1.165) is 25.7 Å². The lowest BCUT2D eigenvalue weighted by molar-refractivity contribution is -0.152. The standard InChI is InChI=1S/C27H37N3O6/c1-5-36-26(34)19-10-8-14-29(16-19)23(31)18-9-7-13-28(15-18)21-12-6-11-20-22(21)25(33)30(24(20)32)17-27(2,3)35-4/h6,11-12,18-19H,5,7-10,13-17H2,1-4H3/t18-,19-/m1/s1. The van der Waals surface area contributed by atoms with Crippen molar-refractivity contribution in [2.45, 2.75) is 52.1 Å². The Morgan fingerprint density at radius 1 is 1.03 bits per heavy atom. The number of amides is 3. The Balaban J connectivity index is 1.50. The minimum Gasteiger partial charge on any atom is -0.466 e. The van der Waals surface area contributed by atoms with Gasteiger partial charge in [0, 0.05) is 33.3 Å². The van der Waals surface area contributed by atoms with Crippen molar-refractivity contribution >= 4 is 29.4 Å². The highest BCUT2D eigenvalue weighted by atomic mass is 16.5. The van der Waals surface area contributed by atoms with E-state index in [-0.39, 0.29) is 42.1 Å². The van der Waals surface area contributed by atoms with E-state index in [2.05, 4.69) is 4.90 Å². The van der Waals surface area contributed by atoms with Crippen molar-refractivity contribution in [3.63, 3.8) is 0 Å². The summed E-state index contributed by atoms with van der Waals surface area (Å²) in [6.07, 6.45) is 3.08. The predicted octanol–water partition coefficient (Wildman–Crippen LogP) is 2.73. The van der Waals surface area contributed by atoms with Crippen LogP contribution in [0.4, 0.5) is 5.69 Å². The van der Waals surface area contributed by atoms with Crippen LogP contribution in [0.1, 0.15) is 67.2 Å². The number of carbonyl (C=O) groups is 4. The van der Waals surface area contributed by atoms with Crippen molar-refractivity contribution in [1.82, 2.24) is 9.80 Å². The van der Waals surface area contributed by atoms with Crippen LogP contribution < -0.4 is 4.90 Å². The van der Waals surface area contributed by atoms with Gasteiger partial charge in [0.25, 0.3) is 11.8 Å². The Hall–Kier alpha value is -2.94. The van der Waals surface area contributed by atoms with Crippen molar-refractivity contribution in [3.05, 3.63) is 29.3 Å². The molecule has 196 valence electrons.